The second-order valence-electron chi connectivity index (χ2n) is 3.38. The lowest BCUT2D eigenvalue weighted by Crippen LogP contribution is -1.97. The summed E-state index contributed by atoms with van der Waals surface area (Å²) in [6, 6.07) is 5.67. The molecule has 0 atom stereocenters. The molecular weight excluding hydrogens is 261 g/mol. The number of anilines is 2. The van der Waals surface area contributed by atoms with E-state index in [1.165, 1.54) is 30.5 Å². The van der Waals surface area contributed by atoms with Gasteiger partial charge in [-0.2, -0.15) is 0 Å². The molecule has 18 heavy (non-hydrogen) atoms. The first-order valence-corrected chi connectivity index (χ1v) is 5.27. The maximum absolute atomic E-state index is 13.4. The van der Waals surface area contributed by atoms with Gasteiger partial charge < -0.3 is 5.32 Å². The summed E-state index contributed by atoms with van der Waals surface area (Å²) in [5.41, 5.74) is 0.166. The molecule has 0 aliphatic heterocycles. The van der Waals surface area contributed by atoms with Crippen molar-refractivity contribution in [2.45, 2.75) is 0 Å². The van der Waals surface area contributed by atoms with Gasteiger partial charge in [0, 0.05) is 12.3 Å². The lowest BCUT2D eigenvalue weighted by molar-refractivity contribution is -0.384. The van der Waals surface area contributed by atoms with Gasteiger partial charge in [-0.15, -0.1) is 0 Å². The molecule has 92 valence electrons. The molecule has 0 saturated carbocycles. The SMILES string of the molecule is O=[N+]([O-])c1cccc(Nc2ccncc2F)c1Cl. The Hall–Kier alpha value is -2.21. The molecule has 0 amide bonds. The van der Waals surface area contributed by atoms with Crippen molar-refractivity contribution >= 4 is 28.7 Å². The molecule has 1 aromatic carbocycles. The van der Waals surface area contributed by atoms with Crippen molar-refractivity contribution in [1.29, 1.82) is 0 Å². The molecule has 0 bridgehead atoms. The molecule has 0 aliphatic rings. The fraction of sp³-hybridized carbons (Fsp3) is 0. The zero-order valence-corrected chi connectivity index (χ0v) is 9.69. The Balaban J connectivity index is 2.39. The smallest absolute Gasteiger partial charge is 0.290 e. The molecule has 0 fully saturated rings. The third kappa shape index (κ3) is 2.38. The molecular formula is C11H7ClFN3O2. The van der Waals surface area contributed by atoms with Crippen LogP contribution in [0.4, 0.5) is 21.5 Å². The highest BCUT2D eigenvalue weighted by Crippen LogP contribution is 2.33. The van der Waals surface area contributed by atoms with E-state index in [0.29, 0.717) is 0 Å². The largest absolute Gasteiger partial charge is 0.352 e. The van der Waals surface area contributed by atoms with Crippen molar-refractivity contribution in [3.05, 3.63) is 57.6 Å². The van der Waals surface area contributed by atoms with Crippen LogP contribution in [0.5, 0.6) is 0 Å². The summed E-state index contributed by atoms with van der Waals surface area (Å²) in [5, 5.41) is 13.3. The van der Waals surface area contributed by atoms with Crippen LogP contribution in [0.1, 0.15) is 0 Å². The van der Waals surface area contributed by atoms with E-state index < -0.39 is 10.7 Å². The molecule has 1 N–H and O–H groups in total. The summed E-state index contributed by atoms with van der Waals surface area (Å²) in [7, 11) is 0. The van der Waals surface area contributed by atoms with Gasteiger partial charge in [-0.1, -0.05) is 17.7 Å². The normalized spacial score (nSPS) is 10.1. The number of hydrogen-bond acceptors (Lipinski definition) is 4. The topological polar surface area (TPSA) is 68.1 Å². The second-order valence-corrected chi connectivity index (χ2v) is 3.75. The average molecular weight is 268 g/mol. The van der Waals surface area contributed by atoms with Crippen LogP contribution >= 0.6 is 11.6 Å². The Bertz CT molecular complexity index is 607. The third-order valence-corrected chi connectivity index (χ3v) is 2.61. The Morgan fingerprint density at radius 2 is 2.11 bits per heavy atom. The lowest BCUT2D eigenvalue weighted by atomic mass is 10.2. The summed E-state index contributed by atoms with van der Waals surface area (Å²) in [6.07, 6.45) is 2.43. The predicted octanol–water partition coefficient (Wildman–Crippen LogP) is 3.53. The van der Waals surface area contributed by atoms with Crippen LogP contribution in [0.3, 0.4) is 0 Å². The van der Waals surface area contributed by atoms with Crippen molar-refractivity contribution in [2.24, 2.45) is 0 Å². The van der Waals surface area contributed by atoms with Crippen molar-refractivity contribution in [3.8, 4) is 0 Å². The molecule has 1 heterocycles. The lowest BCUT2D eigenvalue weighted by Gasteiger charge is -2.08. The molecule has 0 unspecified atom stereocenters. The number of aromatic nitrogens is 1. The van der Waals surface area contributed by atoms with E-state index in [0.717, 1.165) is 6.20 Å². The Morgan fingerprint density at radius 1 is 1.33 bits per heavy atom. The summed E-state index contributed by atoms with van der Waals surface area (Å²) in [6.45, 7) is 0. The maximum Gasteiger partial charge on any atom is 0.290 e. The van der Waals surface area contributed by atoms with Crippen LogP contribution in [0.25, 0.3) is 0 Å². The number of rotatable bonds is 3. The van der Waals surface area contributed by atoms with E-state index in [4.69, 9.17) is 11.6 Å². The van der Waals surface area contributed by atoms with Crippen LogP contribution in [0.2, 0.25) is 5.02 Å². The first-order valence-electron chi connectivity index (χ1n) is 4.89. The number of nitro groups is 1. The Morgan fingerprint density at radius 3 is 2.78 bits per heavy atom. The summed E-state index contributed by atoms with van der Waals surface area (Å²) >= 11 is 5.86. The van der Waals surface area contributed by atoms with E-state index in [2.05, 4.69) is 10.3 Å². The maximum atomic E-state index is 13.4. The fourth-order valence-electron chi connectivity index (χ4n) is 1.38. The monoisotopic (exact) mass is 267 g/mol. The van der Waals surface area contributed by atoms with Crippen LogP contribution in [-0.4, -0.2) is 9.91 Å². The molecule has 5 nitrogen and oxygen atoms in total. The van der Waals surface area contributed by atoms with E-state index in [1.54, 1.807) is 0 Å². The van der Waals surface area contributed by atoms with Crippen molar-refractivity contribution in [3.63, 3.8) is 0 Å². The van der Waals surface area contributed by atoms with Gasteiger partial charge in [0.15, 0.2) is 5.82 Å². The summed E-state index contributed by atoms with van der Waals surface area (Å²) in [4.78, 5) is 13.7. The highest BCUT2D eigenvalue weighted by molar-refractivity contribution is 6.35. The number of nitrogens with one attached hydrogen (secondary N) is 1. The van der Waals surface area contributed by atoms with E-state index >= 15 is 0 Å². The van der Waals surface area contributed by atoms with Crippen molar-refractivity contribution in [2.75, 3.05) is 5.32 Å². The fourth-order valence-corrected chi connectivity index (χ4v) is 1.62. The minimum Gasteiger partial charge on any atom is -0.352 e. The number of hydrogen-bond donors (Lipinski definition) is 1. The highest BCUT2D eigenvalue weighted by atomic mass is 35.5. The quantitative estimate of drug-likeness (QED) is 0.682. The first-order chi connectivity index (χ1) is 8.59. The van der Waals surface area contributed by atoms with E-state index in [1.807, 2.05) is 0 Å². The van der Waals surface area contributed by atoms with E-state index in [9.17, 15) is 14.5 Å². The molecule has 1 aromatic heterocycles. The van der Waals surface area contributed by atoms with Crippen LogP contribution in [0.15, 0.2) is 36.7 Å². The van der Waals surface area contributed by atoms with Crippen LogP contribution in [0, 0.1) is 15.9 Å². The summed E-state index contributed by atoms with van der Waals surface area (Å²) in [5.74, 6) is -0.569. The molecule has 0 saturated heterocycles. The molecule has 0 spiro atoms. The minimum absolute atomic E-state index is 0.0706. The molecule has 2 rings (SSSR count). The van der Waals surface area contributed by atoms with Gasteiger partial charge in [0.05, 0.1) is 22.5 Å². The first kappa shape index (κ1) is 12.3. The highest BCUT2D eigenvalue weighted by Gasteiger charge is 2.16. The van der Waals surface area contributed by atoms with Crippen LogP contribution in [-0.2, 0) is 0 Å². The van der Waals surface area contributed by atoms with Gasteiger partial charge >= 0.3 is 0 Å². The van der Waals surface area contributed by atoms with Gasteiger partial charge in [0.1, 0.15) is 5.02 Å². The molecule has 7 heteroatoms. The van der Waals surface area contributed by atoms with Gasteiger partial charge in [-0.3, -0.25) is 15.1 Å². The second kappa shape index (κ2) is 4.97. The number of halogens is 2. The Labute approximate surface area is 106 Å². The van der Waals surface area contributed by atoms with E-state index in [-0.39, 0.29) is 22.1 Å². The standard InChI is InChI=1S/C11H7ClFN3O2/c12-11-9(2-1-3-10(11)16(17)18)15-8-4-5-14-6-7(8)13/h1-6H,(H,14,15). The average Bonchev–Trinajstić information content (AvgIpc) is 2.34. The van der Waals surface area contributed by atoms with Gasteiger partial charge in [0.25, 0.3) is 5.69 Å². The van der Waals surface area contributed by atoms with Crippen molar-refractivity contribution in [1.82, 2.24) is 4.98 Å². The van der Waals surface area contributed by atoms with Crippen molar-refractivity contribution < 1.29 is 9.31 Å². The number of nitrogens with zero attached hydrogens (tertiary/aromatic N) is 2. The van der Waals surface area contributed by atoms with Gasteiger partial charge in [-0.05, 0) is 12.1 Å². The predicted molar refractivity (Wildman–Crippen MR) is 65.6 cm³/mol. The van der Waals surface area contributed by atoms with Crippen LogP contribution < -0.4 is 5.32 Å². The number of pyridine rings is 1. The summed E-state index contributed by atoms with van der Waals surface area (Å²) < 4.78 is 13.4. The zero-order valence-electron chi connectivity index (χ0n) is 8.93. The minimum atomic E-state index is -0.601. The van der Waals surface area contributed by atoms with Gasteiger partial charge in [-0.25, -0.2) is 4.39 Å². The molecule has 0 aliphatic carbocycles. The molecule has 0 radical (unpaired) electrons. The molecule has 2 aromatic rings. The zero-order chi connectivity index (χ0) is 13.1. The Kier molecular flexibility index (Phi) is 3.38. The number of benzene rings is 1. The number of nitro benzene ring substituents is 1. The third-order valence-electron chi connectivity index (χ3n) is 2.22. The van der Waals surface area contributed by atoms with Gasteiger partial charge in [0.2, 0.25) is 0 Å².